The van der Waals surface area contributed by atoms with Gasteiger partial charge in [0.2, 0.25) is 0 Å². The molecule has 0 saturated heterocycles. The van der Waals surface area contributed by atoms with Crippen molar-refractivity contribution in [2.24, 2.45) is 0 Å². The van der Waals surface area contributed by atoms with Crippen LogP contribution in [0.2, 0.25) is 0 Å². The molecule has 0 bridgehead atoms. The third-order valence-electron chi connectivity index (χ3n) is 5.31. The monoisotopic (exact) mass is 440 g/mol. The second kappa shape index (κ2) is 8.55. The van der Waals surface area contributed by atoms with Crippen molar-refractivity contribution in [2.75, 3.05) is 10.8 Å². The fraction of sp³-hybridized carbons (Fsp3) is 0.304. The Morgan fingerprint density at radius 2 is 1.84 bits per heavy atom. The van der Waals surface area contributed by atoms with Crippen molar-refractivity contribution in [3.63, 3.8) is 0 Å². The van der Waals surface area contributed by atoms with Gasteiger partial charge in [0.05, 0.1) is 10.6 Å². The first kappa shape index (κ1) is 21.1. The maximum Gasteiger partial charge on any atom is 0.331 e. The number of benzene rings is 2. The van der Waals surface area contributed by atoms with E-state index in [4.69, 9.17) is 4.74 Å². The number of carbonyl (C=O) groups excluding carboxylic acids is 2. The van der Waals surface area contributed by atoms with E-state index in [9.17, 15) is 18.0 Å². The number of rotatable bonds is 7. The quantitative estimate of drug-likeness (QED) is 0.528. The fourth-order valence-electron chi connectivity index (χ4n) is 3.41. The Kier molecular flexibility index (Phi) is 5.82. The molecule has 1 fully saturated rings. The summed E-state index contributed by atoms with van der Waals surface area (Å²) in [6.07, 6.45) is 4.49. The van der Waals surface area contributed by atoms with Crippen LogP contribution in [0.5, 0.6) is 0 Å². The van der Waals surface area contributed by atoms with E-state index in [0.717, 1.165) is 18.4 Å². The number of fused-ring (bicyclic) bond motifs is 1. The van der Waals surface area contributed by atoms with Gasteiger partial charge in [-0.25, -0.2) is 13.2 Å². The summed E-state index contributed by atoms with van der Waals surface area (Å²) in [5.74, 6) is -0.939. The molecule has 0 spiro atoms. The van der Waals surface area contributed by atoms with Crippen LogP contribution in [-0.2, 0) is 30.8 Å². The largest absolute Gasteiger partial charge is 0.449 e. The van der Waals surface area contributed by atoms with Gasteiger partial charge in [-0.15, -0.1) is 0 Å². The molecule has 0 radical (unpaired) electrons. The Morgan fingerprint density at radius 1 is 1.13 bits per heavy atom. The van der Waals surface area contributed by atoms with Crippen LogP contribution in [-0.4, -0.2) is 39.0 Å². The van der Waals surface area contributed by atoms with Gasteiger partial charge in [0.15, 0.2) is 6.10 Å². The highest BCUT2D eigenvalue weighted by Crippen LogP contribution is 2.32. The number of hydrogen-bond acceptors (Lipinski definition) is 5. The van der Waals surface area contributed by atoms with Crippen molar-refractivity contribution in [3.8, 4) is 0 Å². The first-order chi connectivity index (χ1) is 14.8. The molecule has 1 heterocycles. The van der Waals surface area contributed by atoms with Crippen LogP contribution in [0.3, 0.4) is 0 Å². The summed E-state index contributed by atoms with van der Waals surface area (Å²) in [4.78, 5) is 24.0. The van der Waals surface area contributed by atoms with Gasteiger partial charge in [0.25, 0.3) is 15.9 Å². The van der Waals surface area contributed by atoms with E-state index in [0.29, 0.717) is 24.2 Å². The van der Waals surface area contributed by atoms with E-state index in [-0.39, 0.29) is 16.8 Å². The third kappa shape index (κ3) is 4.80. The predicted molar refractivity (Wildman–Crippen MR) is 117 cm³/mol. The van der Waals surface area contributed by atoms with Crippen LogP contribution in [0, 0.1) is 0 Å². The molecule has 1 aliphatic carbocycles. The van der Waals surface area contributed by atoms with Gasteiger partial charge >= 0.3 is 5.97 Å². The van der Waals surface area contributed by atoms with Crippen molar-refractivity contribution >= 4 is 33.7 Å². The molecule has 1 unspecified atom stereocenters. The zero-order chi connectivity index (χ0) is 22.0. The summed E-state index contributed by atoms with van der Waals surface area (Å²) in [7, 11) is -3.66. The van der Waals surface area contributed by atoms with Gasteiger partial charge in [0.1, 0.15) is 0 Å². The molecule has 1 N–H and O–H groups in total. The number of ether oxygens (including phenoxy) is 1. The molecule has 2 aliphatic rings. The van der Waals surface area contributed by atoms with Crippen LogP contribution in [0.15, 0.2) is 59.5 Å². The molecule has 1 aliphatic heterocycles. The number of amides is 1. The molecular formula is C23H24N2O5S. The molecule has 2 aromatic carbocycles. The Balaban J connectivity index is 1.39. The van der Waals surface area contributed by atoms with Crippen LogP contribution < -0.4 is 9.62 Å². The summed E-state index contributed by atoms with van der Waals surface area (Å²) >= 11 is 0. The van der Waals surface area contributed by atoms with Crippen molar-refractivity contribution < 1.29 is 22.7 Å². The number of esters is 1. The zero-order valence-electron chi connectivity index (χ0n) is 17.2. The lowest BCUT2D eigenvalue weighted by Crippen LogP contribution is -2.36. The lowest BCUT2D eigenvalue weighted by molar-refractivity contribution is -0.150. The average Bonchev–Trinajstić information content (AvgIpc) is 3.46. The molecule has 162 valence electrons. The molecule has 7 nitrogen and oxygen atoms in total. The van der Waals surface area contributed by atoms with Gasteiger partial charge < -0.3 is 10.1 Å². The van der Waals surface area contributed by atoms with Gasteiger partial charge in [0, 0.05) is 18.7 Å². The maximum absolute atomic E-state index is 13.0. The van der Waals surface area contributed by atoms with Crippen molar-refractivity contribution in [1.29, 1.82) is 0 Å². The number of nitrogens with zero attached hydrogens (tertiary/aromatic N) is 1. The van der Waals surface area contributed by atoms with E-state index in [1.807, 2.05) is 24.3 Å². The number of hydrogen-bond donors (Lipinski definition) is 1. The first-order valence-electron chi connectivity index (χ1n) is 10.2. The molecule has 1 saturated carbocycles. The number of carbonyl (C=O) groups is 2. The molecule has 0 aromatic heterocycles. The lowest BCUT2D eigenvalue weighted by atomic mass is 10.2. The molecule has 31 heavy (non-hydrogen) atoms. The lowest BCUT2D eigenvalue weighted by Gasteiger charge is -2.19. The molecule has 4 rings (SSSR count). The van der Waals surface area contributed by atoms with Gasteiger partial charge in [-0.3, -0.25) is 9.10 Å². The number of para-hydroxylation sites is 1. The number of nitrogens with one attached hydrogen (secondary N) is 1. The zero-order valence-corrected chi connectivity index (χ0v) is 18.0. The smallest absolute Gasteiger partial charge is 0.331 e. The normalized spacial score (nSPS) is 16.7. The Bertz CT molecular complexity index is 1120. The molecule has 1 atom stereocenters. The second-order valence-electron chi connectivity index (χ2n) is 7.72. The van der Waals surface area contributed by atoms with Gasteiger partial charge in [-0.1, -0.05) is 30.3 Å². The maximum atomic E-state index is 13.0. The number of anilines is 1. The van der Waals surface area contributed by atoms with Crippen LogP contribution in [0.4, 0.5) is 5.69 Å². The molecule has 8 heteroatoms. The minimum Gasteiger partial charge on any atom is -0.449 e. The molecular weight excluding hydrogens is 416 g/mol. The first-order valence-corrected chi connectivity index (χ1v) is 11.7. The second-order valence-corrected chi connectivity index (χ2v) is 9.58. The van der Waals surface area contributed by atoms with Gasteiger partial charge in [-0.05, 0) is 61.6 Å². The Morgan fingerprint density at radius 3 is 2.55 bits per heavy atom. The third-order valence-corrected chi connectivity index (χ3v) is 7.14. The highest BCUT2D eigenvalue weighted by atomic mass is 32.2. The van der Waals surface area contributed by atoms with E-state index in [1.165, 1.54) is 35.5 Å². The summed E-state index contributed by atoms with van der Waals surface area (Å²) in [5, 5.41) is 2.78. The highest BCUT2D eigenvalue weighted by Gasteiger charge is 2.30. The van der Waals surface area contributed by atoms with Crippen LogP contribution in [0.1, 0.15) is 30.9 Å². The van der Waals surface area contributed by atoms with E-state index < -0.39 is 22.1 Å². The minimum atomic E-state index is -3.66. The molecule has 2 aromatic rings. The van der Waals surface area contributed by atoms with E-state index in [1.54, 1.807) is 12.1 Å². The predicted octanol–water partition coefficient (Wildman–Crippen LogP) is 2.66. The summed E-state index contributed by atoms with van der Waals surface area (Å²) < 4.78 is 32.6. The van der Waals surface area contributed by atoms with Crippen molar-refractivity contribution in [2.45, 2.75) is 43.2 Å². The van der Waals surface area contributed by atoms with Crippen molar-refractivity contribution in [1.82, 2.24) is 5.32 Å². The average molecular weight is 441 g/mol. The highest BCUT2D eigenvalue weighted by molar-refractivity contribution is 7.92. The summed E-state index contributed by atoms with van der Waals surface area (Å²) in [5.41, 5.74) is 2.38. The summed E-state index contributed by atoms with van der Waals surface area (Å²) in [6.45, 7) is 1.95. The minimum absolute atomic E-state index is 0.189. The van der Waals surface area contributed by atoms with Crippen LogP contribution >= 0.6 is 0 Å². The number of sulfonamides is 1. The molecule has 1 amide bonds. The van der Waals surface area contributed by atoms with E-state index in [2.05, 4.69) is 5.32 Å². The standard InChI is InChI=1S/C23H24N2O5S/c1-16(23(27)24-19-9-10-19)30-22(26)13-8-17-6-11-20(12-7-17)31(28,29)25-15-14-18-4-2-3-5-21(18)25/h2-8,11-13,16,19H,9-10,14-15H2,1H3,(H,24,27)/b13-8+. The SMILES string of the molecule is CC(OC(=O)/C=C/c1ccc(S(=O)(=O)N2CCc3ccccc32)cc1)C(=O)NC1CC1. The topological polar surface area (TPSA) is 92.8 Å². The Labute approximate surface area is 181 Å². The summed E-state index contributed by atoms with van der Waals surface area (Å²) in [6, 6.07) is 14.0. The fourth-order valence-corrected chi connectivity index (χ4v) is 4.92. The van der Waals surface area contributed by atoms with E-state index >= 15 is 0 Å². The van der Waals surface area contributed by atoms with Crippen molar-refractivity contribution in [3.05, 3.63) is 65.7 Å². The van der Waals surface area contributed by atoms with Gasteiger partial charge in [-0.2, -0.15) is 0 Å². The van der Waals surface area contributed by atoms with Crippen LogP contribution in [0.25, 0.3) is 6.08 Å². The Hall–Kier alpha value is -3.13.